The van der Waals surface area contributed by atoms with Crippen molar-refractivity contribution in [2.24, 2.45) is 5.41 Å². The van der Waals surface area contributed by atoms with Gasteiger partial charge < -0.3 is 14.6 Å². The van der Waals surface area contributed by atoms with E-state index in [9.17, 15) is 9.90 Å². The van der Waals surface area contributed by atoms with Crippen molar-refractivity contribution in [2.75, 3.05) is 7.11 Å². The number of rotatable bonds is 11. The number of aliphatic hydroxyl groups is 1. The van der Waals surface area contributed by atoms with E-state index in [1.807, 2.05) is 0 Å². The van der Waals surface area contributed by atoms with Crippen LogP contribution < -0.4 is 0 Å². The summed E-state index contributed by atoms with van der Waals surface area (Å²) in [5.74, 6) is 0.603. The molecule has 0 bridgehead atoms. The minimum absolute atomic E-state index is 0.166. The molecule has 4 heteroatoms. The van der Waals surface area contributed by atoms with Gasteiger partial charge >= 0.3 is 5.97 Å². The Kier molecular flexibility index (Phi) is 9.67. The van der Waals surface area contributed by atoms with Crippen LogP contribution >= 0.6 is 0 Å². The van der Waals surface area contributed by atoms with Gasteiger partial charge in [-0.25, -0.2) is 0 Å². The molecule has 2 aliphatic rings. The van der Waals surface area contributed by atoms with Crippen molar-refractivity contribution in [3.63, 3.8) is 0 Å². The first-order chi connectivity index (χ1) is 13.1. The van der Waals surface area contributed by atoms with Crippen LogP contribution in [0.25, 0.3) is 0 Å². The highest BCUT2D eigenvalue weighted by atomic mass is 16.5. The largest absolute Gasteiger partial charge is 0.491 e. The van der Waals surface area contributed by atoms with Crippen molar-refractivity contribution in [3.05, 3.63) is 11.8 Å². The molecule has 0 aromatic heterocycles. The van der Waals surface area contributed by atoms with E-state index >= 15 is 0 Å². The Morgan fingerprint density at radius 1 is 1.11 bits per heavy atom. The SMILES string of the molecule is CCCCCCCCC[C@]1(C(=O)OC)CCC=C1O[C@@H]1CCCCC[C@H]1O. The Balaban J connectivity index is 1.94. The third-order valence-electron chi connectivity index (χ3n) is 6.35. The molecule has 0 aromatic rings. The predicted molar refractivity (Wildman–Crippen MR) is 108 cm³/mol. The maximum absolute atomic E-state index is 12.7. The normalized spacial score (nSPS) is 28.5. The standard InChI is InChI=1S/C23H40O4/c1-3-4-5-6-7-8-12-17-23(22(25)26-2)18-13-16-21(23)27-20-15-11-9-10-14-19(20)24/h16,19-20,24H,3-15,17-18H2,1-2H3/t19-,20-,23+/m1/s1. The first kappa shape index (κ1) is 22.3. The first-order valence-electron chi connectivity index (χ1n) is 11.3. The second kappa shape index (κ2) is 11.7. The molecule has 1 saturated carbocycles. The molecule has 2 aliphatic carbocycles. The Labute approximate surface area is 165 Å². The summed E-state index contributed by atoms with van der Waals surface area (Å²) >= 11 is 0. The molecular formula is C23H40O4. The highest BCUT2D eigenvalue weighted by Crippen LogP contribution is 2.46. The van der Waals surface area contributed by atoms with Crippen LogP contribution in [0.1, 0.15) is 103 Å². The molecule has 3 atom stereocenters. The maximum atomic E-state index is 12.7. The number of unbranched alkanes of at least 4 members (excludes halogenated alkanes) is 6. The quantitative estimate of drug-likeness (QED) is 0.285. The van der Waals surface area contributed by atoms with E-state index in [0.29, 0.717) is 0 Å². The van der Waals surface area contributed by atoms with Gasteiger partial charge in [-0.1, -0.05) is 64.7 Å². The highest BCUT2D eigenvalue weighted by molar-refractivity contribution is 5.80. The zero-order valence-corrected chi connectivity index (χ0v) is 17.5. The van der Waals surface area contributed by atoms with Gasteiger partial charge in [-0.2, -0.15) is 0 Å². The van der Waals surface area contributed by atoms with Crippen molar-refractivity contribution in [1.82, 2.24) is 0 Å². The second-order valence-corrected chi connectivity index (χ2v) is 8.41. The lowest BCUT2D eigenvalue weighted by atomic mass is 9.80. The lowest BCUT2D eigenvalue weighted by Crippen LogP contribution is -2.37. The Hall–Kier alpha value is -1.03. The average molecular weight is 381 g/mol. The van der Waals surface area contributed by atoms with E-state index in [0.717, 1.165) is 70.0 Å². The minimum atomic E-state index is -0.635. The van der Waals surface area contributed by atoms with E-state index in [1.54, 1.807) is 0 Å². The van der Waals surface area contributed by atoms with E-state index < -0.39 is 11.5 Å². The average Bonchev–Trinajstić information content (AvgIpc) is 2.97. The molecule has 0 aliphatic heterocycles. The van der Waals surface area contributed by atoms with Crippen molar-refractivity contribution in [1.29, 1.82) is 0 Å². The molecule has 4 nitrogen and oxygen atoms in total. The van der Waals surface area contributed by atoms with Crippen LogP contribution in [0.5, 0.6) is 0 Å². The molecule has 0 aromatic carbocycles. The molecule has 1 fully saturated rings. The summed E-state index contributed by atoms with van der Waals surface area (Å²) in [4.78, 5) is 12.7. The van der Waals surface area contributed by atoms with E-state index in [2.05, 4.69) is 13.0 Å². The number of aliphatic hydroxyl groups excluding tert-OH is 1. The van der Waals surface area contributed by atoms with Gasteiger partial charge in [0.1, 0.15) is 17.3 Å². The number of esters is 1. The van der Waals surface area contributed by atoms with Gasteiger partial charge in [-0.05, 0) is 44.6 Å². The number of carbonyl (C=O) groups excluding carboxylic acids is 1. The molecule has 0 heterocycles. The fourth-order valence-corrected chi connectivity index (χ4v) is 4.62. The van der Waals surface area contributed by atoms with Gasteiger partial charge in [0.05, 0.1) is 13.2 Å². The summed E-state index contributed by atoms with van der Waals surface area (Å²) in [5.41, 5.74) is -0.635. The number of methoxy groups -OCH3 is 1. The molecule has 0 saturated heterocycles. The Bertz CT molecular complexity index is 473. The second-order valence-electron chi connectivity index (χ2n) is 8.41. The van der Waals surface area contributed by atoms with Crippen LogP contribution in [0, 0.1) is 5.41 Å². The number of hydrogen-bond acceptors (Lipinski definition) is 4. The molecule has 0 spiro atoms. The topological polar surface area (TPSA) is 55.8 Å². The molecule has 2 rings (SSSR count). The van der Waals surface area contributed by atoms with E-state index in [4.69, 9.17) is 9.47 Å². The fourth-order valence-electron chi connectivity index (χ4n) is 4.62. The summed E-state index contributed by atoms with van der Waals surface area (Å²) in [6.45, 7) is 2.24. The lowest BCUT2D eigenvalue weighted by molar-refractivity contribution is -0.154. The number of ether oxygens (including phenoxy) is 2. The van der Waals surface area contributed by atoms with Gasteiger partial charge in [0.2, 0.25) is 0 Å². The Morgan fingerprint density at radius 2 is 1.81 bits per heavy atom. The summed E-state index contributed by atoms with van der Waals surface area (Å²) in [6, 6.07) is 0. The molecule has 27 heavy (non-hydrogen) atoms. The minimum Gasteiger partial charge on any atom is -0.491 e. The summed E-state index contributed by atoms with van der Waals surface area (Å²) in [7, 11) is 1.48. The van der Waals surface area contributed by atoms with Crippen molar-refractivity contribution < 1.29 is 19.4 Å². The maximum Gasteiger partial charge on any atom is 0.319 e. The highest BCUT2D eigenvalue weighted by Gasteiger charge is 2.47. The van der Waals surface area contributed by atoms with Crippen molar-refractivity contribution in [2.45, 2.75) is 115 Å². The summed E-state index contributed by atoms with van der Waals surface area (Å²) in [6.07, 6.45) is 17.4. The summed E-state index contributed by atoms with van der Waals surface area (Å²) < 4.78 is 11.5. The van der Waals surface area contributed by atoms with Gasteiger partial charge in [0, 0.05) is 0 Å². The van der Waals surface area contributed by atoms with E-state index in [-0.39, 0.29) is 12.1 Å². The van der Waals surface area contributed by atoms with Gasteiger partial charge in [-0.15, -0.1) is 0 Å². The number of allylic oxidation sites excluding steroid dienone is 1. The zero-order valence-electron chi connectivity index (χ0n) is 17.5. The molecule has 0 amide bonds. The molecule has 1 N–H and O–H groups in total. The third kappa shape index (κ3) is 6.23. The van der Waals surface area contributed by atoms with Crippen molar-refractivity contribution >= 4 is 5.97 Å². The van der Waals surface area contributed by atoms with Gasteiger partial charge in [-0.3, -0.25) is 4.79 Å². The fraction of sp³-hybridized carbons (Fsp3) is 0.870. The van der Waals surface area contributed by atoms with Crippen LogP contribution in [0.15, 0.2) is 11.8 Å². The van der Waals surface area contributed by atoms with Crippen LogP contribution in [0.2, 0.25) is 0 Å². The first-order valence-corrected chi connectivity index (χ1v) is 11.3. The molecular weight excluding hydrogens is 340 g/mol. The van der Waals surface area contributed by atoms with Crippen LogP contribution in [0.3, 0.4) is 0 Å². The van der Waals surface area contributed by atoms with Gasteiger partial charge in [0.15, 0.2) is 0 Å². The molecule has 156 valence electrons. The van der Waals surface area contributed by atoms with Crippen molar-refractivity contribution in [3.8, 4) is 0 Å². The predicted octanol–water partition coefficient (Wildman–Crippen LogP) is 5.67. The number of carbonyl (C=O) groups is 1. The number of hydrogen-bond donors (Lipinski definition) is 1. The van der Waals surface area contributed by atoms with Gasteiger partial charge in [0.25, 0.3) is 0 Å². The summed E-state index contributed by atoms with van der Waals surface area (Å²) in [5, 5.41) is 10.4. The molecule has 0 unspecified atom stereocenters. The van der Waals surface area contributed by atoms with E-state index in [1.165, 1.54) is 39.2 Å². The monoisotopic (exact) mass is 380 g/mol. The molecule has 0 radical (unpaired) electrons. The van der Waals surface area contributed by atoms with Crippen LogP contribution in [-0.4, -0.2) is 30.4 Å². The smallest absolute Gasteiger partial charge is 0.319 e. The third-order valence-corrected chi connectivity index (χ3v) is 6.35. The van der Waals surface area contributed by atoms with Crippen LogP contribution in [-0.2, 0) is 14.3 Å². The Morgan fingerprint density at radius 3 is 2.56 bits per heavy atom. The lowest BCUT2D eigenvalue weighted by Gasteiger charge is -2.33. The zero-order chi connectivity index (χ0) is 19.5. The van der Waals surface area contributed by atoms with Crippen LogP contribution in [0.4, 0.5) is 0 Å².